The van der Waals surface area contributed by atoms with E-state index in [2.05, 4.69) is 38.0 Å². The third kappa shape index (κ3) is 6.48. The summed E-state index contributed by atoms with van der Waals surface area (Å²) >= 11 is 5.74. The molecule has 0 amide bonds. The highest BCUT2D eigenvalue weighted by molar-refractivity contribution is 6.83. The Morgan fingerprint density at radius 2 is 1.93 bits per heavy atom. The molecule has 0 aromatic rings. The highest BCUT2D eigenvalue weighted by Crippen LogP contribution is 2.15. The molecule has 14 heavy (non-hydrogen) atoms. The molecule has 1 atom stereocenters. The number of halogens is 1. The van der Waals surface area contributed by atoms with E-state index in [0.29, 0.717) is 6.42 Å². The minimum absolute atomic E-state index is 0.213. The molecule has 0 saturated heterocycles. The first kappa shape index (κ1) is 14.0. The molecule has 1 nitrogen and oxygen atoms in total. The predicted octanol–water partition coefficient (Wildman–Crippen LogP) is 3.03. The van der Waals surface area contributed by atoms with E-state index < -0.39 is 13.7 Å². The molecule has 0 aliphatic rings. The van der Waals surface area contributed by atoms with Crippen LogP contribution in [0, 0.1) is 11.5 Å². The van der Waals surface area contributed by atoms with E-state index in [0.717, 1.165) is 12.8 Å². The maximum absolute atomic E-state index is 10.0. The van der Waals surface area contributed by atoms with Crippen LogP contribution >= 0.6 is 11.6 Å². The normalized spacial score (nSPS) is 15.6. The first-order valence-corrected chi connectivity index (χ1v) is 9.19. The number of alkyl halides is 1. The lowest BCUT2D eigenvalue weighted by molar-refractivity contribution is 0.113. The van der Waals surface area contributed by atoms with E-state index in [1.165, 1.54) is 0 Å². The summed E-state index contributed by atoms with van der Waals surface area (Å²) in [5.41, 5.74) is 2.22. The van der Waals surface area contributed by atoms with Crippen molar-refractivity contribution in [1.29, 1.82) is 0 Å². The molecule has 0 spiro atoms. The molecule has 1 N–H and O–H groups in total. The van der Waals surface area contributed by atoms with Gasteiger partial charge in [-0.3, -0.25) is 0 Å². The van der Waals surface area contributed by atoms with Crippen LogP contribution in [0.15, 0.2) is 0 Å². The standard InChI is InChI=1S/C11H21ClOSi/c1-5-6-7-11(13,10-12)8-9-14(2,3)4/h13H,5-7,10H2,1-4H3. The first-order chi connectivity index (χ1) is 6.33. The molecule has 0 radical (unpaired) electrons. The zero-order valence-electron chi connectivity index (χ0n) is 9.65. The number of aliphatic hydroxyl groups is 1. The number of unbranched alkanes of at least 4 members (excludes halogenated alkanes) is 1. The molecular weight excluding hydrogens is 212 g/mol. The van der Waals surface area contributed by atoms with Gasteiger partial charge in [0.05, 0.1) is 5.88 Å². The summed E-state index contributed by atoms with van der Waals surface area (Å²) in [4.78, 5) is 0. The fourth-order valence-electron chi connectivity index (χ4n) is 0.936. The van der Waals surface area contributed by atoms with Gasteiger partial charge in [0.2, 0.25) is 0 Å². The van der Waals surface area contributed by atoms with Gasteiger partial charge in [0.25, 0.3) is 0 Å². The molecule has 0 saturated carbocycles. The molecule has 0 rings (SSSR count). The summed E-state index contributed by atoms with van der Waals surface area (Å²) in [6.07, 6.45) is 2.72. The van der Waals surface area contributed by atoms with Gasteiger partial charge in [-0.1, -0.05) is 38.9 Å². The molecule has 0 heterocycles. The maximum atomic E-state index is 10.0. The van der Waals surface area contributed by atoms with Gasteiger partial charge < -0.3 is 5.11 Å². The van der Waals surface area contributed by atoms with Gasteiger partial charge >= 0.3 is 0 Å². The molecular formula is C11H21ClOSi. The number of hydrogen-bond acceptors (Lipinski definition) is 1. The van der Waals surface area contributed by atoms with Crippen molar-refractivity contribution in [2.75, 3.05) is 5.88 Å². The zero-order chi connectivity index (χ0) is 11.2. The van der Waals surface area contributed by atoms with E-state index in [1.54, 1.807) is 0 Å². The summed E-state index contributed by atoms with van der Waals surface area (Å²) in [6.45, 7) is 8.58. The molecule has 0 aliphatic heterocycles. The van der Waals surface area contributed by atoms with Crippen LogP contribution in [0.2, 0.25) is 19.6 Å². The van der Waals surface area contributed by atoms with Crippen molar-refractivity contribution in [2.24, 2.45) is 0 Å². The molecule has 0 aromatic carbocycles. The van der Waals surface area contributed by atoms with Gasteiger partial charge in [-0.05, 0) is 12.8 Å². The van der Waals surface area contributed by atoms with Crippen LogP contribution in [-0.4, -0.2) is 24.7 Å². The topological polar surface area (TPSA) is 20.2 Å². The number of hydrogen-bond donors (Lipinski definition) is 1. The van der Waals surface area contributed by atoms with E-state index >= 15 is 0 Å². The van der Waals surface area contributed by atoms with E-state index in [4.69, 9.17) is 11.6 Å². The van der Waals surface area contributed by atoms with E-state index in [1.807, 2.05) is 0 Å². The van der Waals surface area contributed by atoms with Gasteiger partial charge in [-0.25, -0.2) is 0 Å². The third-order valence-electron chi connectivity index (χ3n) is 1.84. The SMILES string of the molecule is CCCCC(O)(C#C[Si](C)(C)C)CCl. The molecule has 0 aliphatic carbocycles. The fraction of sp³-hybridized carbons (Fsp3) is 0.818. The van der Waals surface area contributed by atoms with E-state index in [-0.39, 0.29) is 5.88 Å². The van der Waals surface area contributed by atoms with Crippen LogP contribution in [0.3, 0.4) is 0 Å². The van der Waals surface area contributed by atoms with Crippen LogP contribution in [0.5, 0.6) is 0 Å². The lowest BCUT2D eigenvalue weighted by Crippen LogP contribution is -2.30. The lowest BCUT2D eigenvalue weighted by Gasteiger charge is -2.19. The second-order valence-electron chi connectivity index (χ2n) is 4.77. The van der Waals surface area contributed by atoms with Crippen molar-refractivity contribution in [1.82, 2.24) is 0 Å². The average Bonchev–Trinajstić information content (AvgIpc) is 2.10. The van der Waals surface area contributed by atoms with Gasteiger partial charge in [0.1, 0.15) is 13.7 Å². The second kappa shape index (κ2) is 5.80. The molecule has 82 valence electrons. The first-order valence-electron chi connectivity index (χ1n) is 5.16. The van der Waals surface area contributed by atoms with Gasteiger partial charge in [-0.15, -0.1) is 17.1 Å². The van der Waals surface area contributed by atoms with Crippen molar-refractivity contribution in [3.63, 3.8) is 0 Å². The Bertz CT molecular complexity index is 224. The largest absolute Gasteiger partial charge is 0.376 e. The Labute approximate surface area is 93.9 Å². The van der Waals surface area contributed by atoms with Crippen molar-refractivity contribution < 1.29 is 5.11 Å². The minimum Gasteiger partial charge on any atom is -0.376 e. The maximum Gasteiger partial charge on any atom is 0.138 e. The zero-order valence-corrected chi connectivity index (χ0v) is 11.4. The highest BCUT2D eigenvalue weighted by Gasteiger charge is 2.22. The van der Waals surface area contributed by atoms with Crippen LogP contribution in [0.1, 0.15) is 26.2 Å². The predicted molar refractivity (Wildman–Crippen MR) is 66.3 cm³/mol. The van der Waals surface area contributed by atoms with Crippen LogP contribution in [0.4, 0.5) is 0 Å². The summed E-state index contributed by atoms with van der Waals surface area (Å²) in [7, 11) is -1.40. The lowest BCUT2D eigenvalue weighted by atomic mass is 10.0. The Morgan fingerprint density at radius 3 is 2.29 bits per heavy atom. The van der Waals surface area contributed by atoms with Crippen LogP contribution in [-0.2, 0) is 0 Å². The van der Waals surface area contributed by atoms with E-state index in [9.17, 15) is 5.11 Å². The summed E-state index contributed by atoms with van der Waals surface area (Å²) in [5, 5.41) is 10.0. The summed E-state index contributed by atoms with van der Waals surface area (Å²) in [6, 6.07) is 0. The number of rotatable bonds is 4. The second-order valence-corrected chi connectivity index (χ2v) is 9.79. The van der Waals surface area contributed by atoms with Crippen molar-refractivity contribution in [3.8, 4) is 11.5 Å². The monoisotopic (exact) mass is 232 g/mol. The minimum atomic E-state index is -1.40. The van der Waals surface area contributed by atoms with Crippen molar-refractivity contribution >= 4 is 19.7 Å². The van der Waals surface area contributed by atoms with Gasteiger partial charge in [0.15, 0.2) is 0 Å². The summed E-state index contributed by atoms with van der Waals surface area (Å²) in [5.74, 6) is 3.17. The van der Waals surface area contributed by atoms with Crippen LogP contribution in [0.25, 0.3) is 0 Å². The Hall–Kier alpha value is 0.0269. The van der Waals surface area contributed by atoms with Gasteiger partial charge in [-0.2, -0.15) is 0 Å². The molecule has 1 unspecified atom stereocenters. The quantitative estimate of drug-likeness (QED) is 0.449. The smallest absolute Gasteiger partial charge is 0.138 e. The molecule has 0 aromatic heterocycles. The Morgan fingerprint density at radius 1 is 1.36 bits per heavy atom. The highest BCUT2D eigenvalue weighted by atomic mass is 35.5. The van der Waals surface area contributed by atoms with Crippen molar-refractivity contribution in [3.05, 3.63) is 0 Å². The third-order valence-corrected chi connectivity index (χ3v) is 3.15. The van der Waals surface area contributed by atoms with Gasteiger partial charge in [0, 0.05) is 0 Å². The Kier molecular flexibility index (Phi) is 5.81. The van der Waals surface area contributed by atoms with Crippen LogP contribution < -0.4 is 0 Å². The molecule has 0 bridgehead atoms. The van der Waals surface area contributed by atoms with Crippen molar-refractivity contribution in [2.45, 2.75) is 51.4 Å². The fourth-order valence-corrected chi connectivity index (χ4v) is 1.74. The summed E-state index contributed by atoms with van der Waals surface area (Å²) < 4.78 is 0. The average molecular weight is 233 g/mol. The Balaban J connectivity index is 4.43. The molecule has 3 heteroatoms. The molecule has 0 fully saturated rings.